The SMILES string of the molecule is CN=C(NCC1CCN(S(C)(=O)=O)CC1)NC1CCCC1C#N.I. The van der Waals surface area contributed by atoms with Crippen LogP contribution in [0.3, 0.4) is 0 Å². The fourth-order valence-electron chi connectivity index (χ4n) is 3.34. The summed E-state index contributed by atoms with van der Waals surface area (Å²) >= 11 is 0. The van der Waals surface area contributed by atoms with E-state index < -0.39 is 10.0 Å². The van der Waals surface area contributed by atoms with Gasteiger partial charge in [0.15, 0.2) is 5.96 Å². The third-order valence-corrected chi connectivity index (χ3v) is 6.13. The highest BCUT2D eigenvalue weighted by Crippen LogP contribution is 2.24. The fraction of sp³-hybridized carbons (Fsp3) is 0.867. The van der Waals surface area contributed by atoms with E-state index in [1.807, 2.05) is 0 Å². The van der Waals surface area contributed by atoms with Gasteiger partial charge in [0, 0.05) is 32.7 Å². The molecule has 1 heterocycles. The molecule has 2 aliphatic rings. The Morgan fingerprint density at radius 3 is 2.50 bits per heavy atom. The van der Waals surface area contributed by atoms with Gasteiger partial charge in [-0.1, -0.05) is 0 Å². The second-order valence-corrected chi connectivity index (χ2v) is 8.46. The molecule has 0 aromatic carbocycles. The van der Waals surface area contributed by atoms with Gasteiger partial charge >= 0.3 is 0 Å². The predicted molar refractivity (Wildman–Crippen MR) is 106 cm³/mol. The lowest BCUT2D eigenvalue weighted by atomic mass is 9.98. The second-order valence-electron chi connectivity index (χ2n) is 6.48. The smallest absolute Gasteiger partial charge is 0.211 e. The minimum absolute atomic E-state index is 0. The Labute approximate surface area is 162 Å². The summed E-state index contributed by atoms with van der Waals surface area (Å²) in [5.74, 6) is 1.25. The van der Waals surface area contributed by atoms with E-state index in [1.165, 1.54) is 6.26 Å². The third-order valence-electron chi connectivity index (χ3n) is 4.83. The van der Waals surface area contributed by atoms with Crippen molar-refractivity contribution >= 4 is 40.0 Å². The van der Waals surface area contributed by atoms with Crippen LogP contribution >= 0.6 is 24.0 Å². The van der Waals surface area contributed by atoms with Gasteiger partial charge in [0.25, 0.3) is 0 Å². The number of hydrogen-bond acceptors (Lipinski definition) is 4. The molecule has 1 saturated carbocycles. The van der Waals surface area contributed by atoms with E-state index in [2.05, 4.69) is 21.7 Å². The van der Waals surface area contributed by atoms with Crippen LogP contribution in [-0.4, -0.2) is 57.7 Å². The van der Waals surface area contributed by atoms with Crippen LogP contribution in [0.4, 0.5) is 0 Å². The van der Waals surface area contributed by atoms with Crippen LogP contribution in [0.15, 0.2) is 4.99 Å². The second kappa shape index (κ2) is 9.77. The lowest BCUT2D eigenvalue weighted by molar-refractivity contribution is 0.274. The van der Waals surface area contributed by atoms with Crippen LogP contribution < -0.4 is 10.6 Å². The Morgan fingerprint density at radius 2 is 1.96 bits per heavy atom. The molecular weight excluding hydrogens is 441 g/mol. The van der Waals surface area contributed by atoms with Crippen molar-refractivity contribution in [3.63, 3.8) is 0 Å². The lowest BCUT2D eigenvalue weighted by Gasteiger charge is -2.30. The monoisotopic (exact) mass is 469 g/mol. The van der Waals surface area contributed by atoms with Crippen LogP contribution in [0.2, 0.25) is 0 Å². The molecular formula is C15H28IN5O2S. The van der Waals surface area contributed by atoms with Crippen molar-refractivity contribution in [2.45, 2.75) is 38.1 Å². The zero-order valence-electron chi connectivity index (χ0n) is 14.4. The molecule has 1 aliphatic carbocycles. The maximum Gasteiger partial charge on any atom is 0.211 e. The van der Waals surface area contributed by atoms with Crippen molar-refractivity contribution in [1.82, 2.24) is 14.9 Å². The summed E-state index contributed by atoms with van der Waals surface area (Å²) < 4.78 is 24.6. The van der Waals surface area contributed by atoms with Gasteiger partial charge in [-0.05, 0) is 38.0 Å². The average molecular weight is 469 g/mol. The van der Waals surface area contributed by atoms with E-state index in [1.54, 1.807) is 11.4 Å². The summed E-state index contributed by atoms with van der Waals surface area (Å²) in [4.78, 5) is 4.24. The molecule has 1 saturated heterocycles. The highest BCUT2D eigenvalue weighted by molar-refractivity contribution is 14.0. The standard InChI is InChI=1S/C15H27N5O2S.HI/c1-17-15(19-14-5-3-4-13(14)10-16)18-11-12-6-8-20(9-7-12)23(2,21)22;/h12-14H,3-9,11H2,1-2H3,(H2,17,18,19);1H. The van der Waals surface area contributed by atoms with Crippen molar-refractivity contribution < 1.29 is 8.42 Å². The van der Waals surface area contributed by atoms with E-state index in [4.69, 9.17) is 5.26 Å². The number of nitriles is 1. The summed E-state index contributed by atoms with van der Waals surface area (Å²) in [6.07, 6.45) is 6.03. The quantitative estimate of drug-likeness (QED) is 0.366. The van der Waals surface area contributed by atoms with Gasteiger partial charge in [0.2, 0.25) is 10.0 Å². The number of sulfonamides is 1. The fourth-order valence-corrected chi connectivity index (χ4v) is 4.22. The normalized spacial score (nSPS) is 26.5. The topological polar surface area (TPSA) is 97.6 Å². The zero-order valence-corrected chi connectivity index (χ0v) is 17.5. The number of hydrogen-bond donors (Lipinski definition) is 2. The lowest BCUT2D eigenvalue weighted by Crippen LogP contribution is -2.47. The number of halogens is 1. The average Bonchev–Trinajstić information content (AvgIpc) is 2.98. The Morgan fingerprint density at radius 1 is 1.29 bits per heavy atom. The highest BCUT2D eigenvalue weighted by Gasteiger charge is 2.28. The van der Waals surface area contributed by atoms with Crippen LogP contribution in [0.25, 0.3) is 0 Å². The summed E-state index contributed by atoms with van der Waals surface area (Å²) in [5, 5.41) is 15.8. The van der Waals surface area contributed by atoms with Crippen molar-refractivity contribution in [2.24, 2.45) is 16.8 Å². The molecule has 0 bridgehead atoms. The van der Waals surface area contributed by atoms with Crippen LogP contribution in [-0.2, 0) is 10.0 Å². The Kier molecular flexibility index (Phi) is 8.73. The molecule has 1 aliphatic heterocycles. The molecule has 0 radical (unpaired) electrons. The molecule has 0 aromatic rings. The van der Waals surface area contributed by atoms with Crippen LogP contribution in [0.1, 0.15) is 32.1 Å². The van der Waals surface area contributed by atoms with Gasteiger partial charge in [-0.25, -0.2) is 12.7 Å². The molecule has 7 nitrogen and oxygen atoms in total. The number of nitrogens with one attached hydrogen (secondary N) is 2. The Hall–Kier alpha value is -0.600. The molecule has 2 atom stereocenters. The maximum absolute atomic E-state index is 11.5. The molecule has 2 unspecified atom stereocenters. The minimum atomic E-state index is -3.06. The summed E-state index contributed by atoms with van der Waals surface area (Å²) in [6.45, 7) is 1.97. The number of guanidine groups is 1. The molecule has 2 fully saturated rings. The summed E-state index contributed by atoms with van der Waals surface area (Å²) in [6, 6.07) is 2.54. The van der Waals surface area contributed by atoms with E-state index in [0.717, 1.165) is 44.6 Å². The van der Waals surface area contributed by atoms with Crippen molar-refractivity contribution in [1.29, 1.82) is 5.26 Å². The first-order valence-electron chi connectivity index (χ1n) is 8.26. The van der Waals surface area contributed by atoms with Gasteiger partial charge in [0.05, 0.1) is 18.2 Å². The van der Waals surface area contributed by atoms with E-state index in [-0.39, 0.29) is 35.9 Å². The van der Waals surface area contributed by atoms with Crippen molar-refractivity contribution in [3.05, 3.63) is 0 Å². The Bertz CT molecular complexity index is 567. The van der Waals surface area contributed by atoms with E-state index in [0.29, 0.717) is 19.0 Å². The summed E-state index contributed by atoms with van der Waals surface area (Å²) in [5.41, 5.74) is 0. The van der Waals surface area contributed by atoms with Gasteiger partial charge < -0.3 is 10.6 Å². The van der Waals surface area contributed by atoms with Crippen LogP contribution in [0.5, 0.6) is 0 Å². The Balaban J connectivity index is 0.00000288. The first kappa shape index (κ1) is 21.4. The molecule has 0 amide bonds. The molecule has 0 aromatic heterocycles. The number of rotatable bonds is 4. The molecule has 2 rings (SSSR count). The van der Waals surface area contributed by atoms with E-state index in [9.17, 15) is 8.42 Å². The maximum atomic E-state index is 11.5. The zero-order chi connectivity index (χ0) is 16.9. The predicted octanol–water partition coefficient (Wildman–Crippen LogP) is 1.13. The van der Waals surface area contributed by atoms with Gasteiger partial charge in [0.1, 0.15) is 0 Å². The van der Waals surface area contributed by atoms with E-state index >= 15 is 0 Å². The largest absolute Gasteiger partial charge is 0.356 e. The molecule has 9 heteroatoms. The molecule has 24 heavy (non-hydrogen) atoms. The first-order chi connectivity index (χ1) is 10.9. The molecule has 2 N–H and O–H groups in total. The van der Waals surface area contributed by atoms with Gasteiger partial charge in [-0.2, -0.15) is 5.26 Å². The van der Waals surface area contributed by atoms with Crippen molar-refractivity contribution in [2.75, 3.05) is 32.9 Å². The van der Waals surface area contributed by atoms with Gasteiger partial charge in [-0.3, -0.25) is 4.99 Å². The number of nitrogens with zero attached hydrogens (tertiary/aromatic N) is 3. The van der Waals surface area contributed by atoms with Crippen LogP contribution in [0, 0.1) is 23.2 Å². The van der Waals surface area contributed by atoms with Gasteiger partial charge in [-0.15, -0.1) is 24.0 Å². The molecule has 0 spiro atoms. The third kappa shape index (κ3) is 6.04. The molecule has 138 valence electrons. The minimum Gasteiger partial charge on any atom is -0.356 e. The van der Waals surface area contributed by atoms with Crippen molar-refractivity contribution in [3.8, 4) is 6.07 Å². The number of aliphatic imine (C=N–C) groups is 1. The number of piperidine rings is 1. The highest BCUT2D eigenvalue weighted by atomic mass is 127. The first-order valence-corrected chi connectivity index (χ1v) is 10.1. The summed E-state index contributed by atoms with van der Waals surface area (Å²) in [7, 11) is -1.33.